The second kappa shape index (κ2) is 6.83. The summed E-state index contributed by atoms with van der Waals surface area (Å²) in [6.07, 6.45) is 5.10. The van der Waals surface area contributed by atoms with E-state index in [-0.39, 0.29) is 24.2 Å². The number of piperidine rings is 1. The Bertz CT molecular complexity index is 706. The highest BCUT2D eigenvalue weighted by atomic mass is 19.1. The van der Waals surface area contributed by atoms with E-state index in [1.807, 2.05) is 4.90 Å². The molecule has 0 bridgehead atoms. The van der Waals surface area contributed by atoms with E-state index in [2.05, 4.69) is 9.97 Å². The molecule has 0 aliphatic carbocycles. The number of benzene rings is 1. The number of carbonyl (C=O) groups is 1. The number of primary amides is 1. The Balaban J connectivity index is 1.91. The first-order chi connectivity index (χ1) is 11.1. The van der Waals surface area contributed by atoms with Crippen LogP contribution in [0.3, 0.4) is 0 Å². The Labute approximate surface area is 134 Å². The topological polar surface area (TPSA) is 72.1 Å². The summed E-state index contributed by atoms with van der Waals surface area (Å²) in [5.74, 6) is -0.524. The lowest BCUT2D eigenvalue weighted by Gasteiger charge is -2.32. The minimum atomic E-state index is -0.334. The van der Waals surface area contributed by atoms with Crippen molar-refractivity contribution in [1.82, 2.24) is 14.9 Å². The summed E-state index contributed by atoms with van der Waals surface area (Å²) in [7, 11) is 0. The van der Waals surface area contributed by atoms with Gasteiger partial charge in [-0.05, 0) is 31.5 Å². The average molecular weight is 314 g/mol. The lowest BCUT2D eigenvalue weighted by molar-refractivity contribution is -0.119. The first-order valence-corrected chi connectivity index (χ1v) is 7.71. The molecular weight excluding hydrogens is 295 g/mol. The van der Waals surface area contributed by atoms with E-state index in [4.69, 9.17) is 5.73 Å². The molecule has 5 nitrogen and oxygen atoms in total. The average Bonchev–Trinajstić information content (AvgIpc) is 2.55. The van der Waals surface area contributed by atoms with E-state index in [1.54, 1.807) is 30.6 Å². The van der Waals surface area contributed by atoms with Crippen molar-refractivity contribution in [3.05, 3.63) is 48.2 Å². The van der Waals surface area contributed by atoms with E-state index in [9.17, 15) is 9.18 Å². The van der Waals surface area contributed by atoms with Gasteiger partial charge in [-0.25, -0.2) is 4.39 Å². The van der Waals surface area contributed by atoms with E-state index >= 15 is 0 Å². The van der Waals surface area contributed by atoms with Gasteiger partial charge in [0.1, 0.15) is 5.82 Å². The molecule has 1 aromatic carbocycles. The van der Waals surface area contributed by atoms with Gasteiger partial charge in [0.05, 0.1) is 17.9 Å². The summed E-state index contributed by atoms with van der Waals surface area (Å²) in [6.45, 7) is 1.77. The van der Waals surface area contributed by atoms with Gasteiger partial charge in [0.2, 0.25) is 5.91 Å². The molecule has 0 radical (unpaired) electrons. The summed E-state index contributed by atoms with van der Waals surface area (Å²) in [5.41, 5.74) is 7.12. The zero-order chi connectivity index (χ0) is 16.2. The molecule has 0 unspecified atom stereocenters. The van der Waals surface area contributed by atoms with Gasteiger partial charge in [0, 0.05) is 30.4 Å². The molecule has 3 rings (SSSR count). The first kappa shape index (κ1) is 15.6. The van der Waals surface area contributed by atoms with Crippen molar-refractivity contribution >= 4 is 5.91 Å². The van der Waals surface area contributed by atoms with E-state index < -0.39 is 0 Å². The number of halogens is 1. The van der Waals surface area contributed by atoms with Crippen molar-refractivity contribution in [2.45, 2.75) is 18.8 Å². The number of amides is 1. The molecule has 120 valence electrons. The Morgan fingerprint density at radius 2 is 2.09 bits per heavy atom. The number of aromatic nitrogens is 2. The predicted octanol–water partition coefficient (Wildman–Crippen LogP) is 1.95. The van der Waals surface area contributed by atoms with Crippen LogP contribution in [0.15, 0.2) is 36.7 Å². The van der Waals surface area contributed by atoms with Crippen LogP contribution in [-0.2, 0) is 4.79 Å². The fourth-order valence-corrected chi connectivity index (χ4v) is 3.15. The molecule has 1 aliphatic rings. The van der Waals surface area contributed by atoms with Gasteiger partial charge in [-0.15, -0.1) is 0 Å². The van der Waals surface area contributed by atoms with E-state index in [0.29, 0.717) is 17.8 Å². The molecule has 1 aliphatic heterocycles. The van der Waals surface area contributed by atoms with Gasteiger partial charge in [-0.3, -0.25) is 19.7 Å². The Hall–Kier alpha value is -2.34. The van der Waals surface area contributed by atoms with Gasteiger partial charge >= 0.3 is 0 Å². The molecule has 6 heteroatoms. The van der Waals surface area contributed by atoms with Crippen LogP contribution in [0.25, 0.3) is 11.3 Å². The monoisotopic (exact) mass is 314 g/mol. The standard InChI is InChI=1S/C17H19FN4O/c18-14-6-2-1-5-13(14)17-16(20-7-8-21-17)12-4-3-9-22(10-12)11-15(19)23/h1-2,5-8,12H,3-4,9-11H2,(H2,19,23)/t12-/m0/s1. The van der Waals surface area contributed by atoms with Crippen LogP contribution in [-0.4, -0.2) is 40.4 Å². The molecule has 1 atom stereocenters. The molecule has 1 saturated heterocycles. The maximum absolute atomic E-state index is 14.1. The SMILES string of the molecule is NC(=O)CN1CCC[C@H](c2nccnc2-c2ccccc2F)C1. The van der Waals surface area contributed by atoms with E-state index in [1.165, 1.54) is 6.07 Å². The number of nitrogens with two attached hydrogens (primary N) is 1. The minimum Gasteiger partial charge on any atom is -0.369 e. The zero-order valence-corrected chi connectivity index (χ0v) is 12.8. The molecule has 2 N–H and O–H groups in total. The first-order valence-electron chi connectivity index (χ1n) is 7.71. The van der Waals surface area contributed by atoms with Crippen LogP contribution >= 0.6 is 0 Å². The third-order valence-electron chi connectivity index (χ3n) is 4.13. The predicted molar refractivity (Wildman–Crippen MR) is 85.0 cm³/mol. The van der Waals surface area contributed by atoms with Gasteiger partial charge in [0.25, 0.3) is 0 Å². The largest absolute Gasteiger partial charge is 0.369 e. The van der Waals surface area contributed by atoms with Crippen molar-refractivity contribution < 1.29 is 9.18 Å². The Kier molecular flexibility index (Phi) is 4.62. The second-order valence-electron chi connectivity index (χ2n) is 5.81. The number of likely N-dealkylation sites (tertiary alicyclic amines) is 1. The van der Waals surface area contributed by atoms with Crippen LogP contribution in [0, 0.1) is 5.82 Å². The molecule has 1 fully saturated rings. The van der Waals surface area contributed by atoms with Crippen molar-refractivity contribution in [3.63, 3.8) is 0 Å². The second-order valence-corrected chi connectivity index (χ2v) is 5.81. The Morgan fingerprint density at radius 3 is 2.87 bits per heavy atom. The molecule has 2 aromatic rings. The highest BCUT2D eigenvalue weighted by Gasteiger charge is 2.26. The third-order valence-corrected chi connectivity index (χ3v) is 4.13. The number of hydrogen-bond acceptors (Lipinski definition) is 4. The molecule has 0 saturated carbocycles. The summed E-state index contributed by atoms with van der Waals surface area (Å²) in [4.78, 5) is 22.0. The van der Waals surface area contributed by atoms with Crippen LogP contribution in [0.4, 0.5) is 4.39 Å². The van der Waals surface area contributed by atoms with Crippen LogP contribution in [0.1, 0.15) is 24.5 Å². The van der Waals surface area contributed by atoms with Crippen molar-refractivity contribution in [3.8, 4) is 11.3 Å². The lowest BCUT2D eigenvalue weighted by atomic mass is 9.91. The quantitative estimate of drug-likeness (QED) is 0.936. The van der Waals surface area contributed by atoms with Crippen LogP contribution in [0.5, 0.6) is 0 Å². The molecular formula is C17H19FN4O. The van der Waals surface area contributed by atoms with Crippen molar-refractivity contribution in [1.29, 1.82) is 0 Å². The smallest absolute Gasteiger partial charge is 0.231 e. The molecule has 0 spiro atoms. The van der Waals surface area contributed by atoms with Gasteiger partial charge < -0.3 is 5.73 Å². The van der Waals surface area contributed by atoms with E-state index in [0.717, 1.165) is 25.1 Å². The van der Waals surface area contributed by atoms with Crippen molar-refractivity contribution in [2.75, 3.05) is 19.6 Å². The zero-order valence-electron chi connectivity index (χ0n) is 12.8. The lowest BCUT2D eigenvalue weighted by Crippen LogP contribution is -2.40. The summed E-state index contributed by atoms with van der Waals surface area (Å²) < 4.78 is 14.1. The number of nitrogens with zero attached hydrogens (tertiary/aromatic N) is 3. The fourth-order valence-electron chi connectivity index (χ4n) is 3.15. The summed E-state index contributed by atoms with van der Waals surface area (Å²) >= 11 is 0. The van der Waals surface area contributed by atoms with Gasteiger partial charge in [-0.2, -0.15) is 0 Å². The minimum absolute atomic E-state index is 0.117. The highest BCUT2D eigenvalue weighted by Crippen LogP contribution is 2.32. The van der Waals surface area contributed by atoms with Crippen LogP contribution in [0.2, 0.25) is 0 Å². The highest BCUT2D eigenvalue weighted by molar-refractivity contribution is 5.76. The number of hydrogen-bond donors (Lipinski definition) is 1. The van der Waals surface area contributed by atoms with Gasteiger partial charge in [-0.1, -0.05) is 12.1 Å². The van der Waals surface area contributed by atoms with Crippen molar-refractivity contribution in [2.24, 2.45) is 5.73 Å². The normalized spacial score (nSPS) is 18.7. The van der Waals surface area contributed by atoms with Crippen LogP contribution < -0.4 is 5.73 Å². The Morgan fingerprint density at radius 1 is 1.30 bits per heavy atom. The third kappa shape index (κ3) is 3.53. The van der Waals surface area contributed by atoms with Gasteiger partial charge in [0.15, 0.2) is 0 Å². The maximum Gasteiger partial charge on any atom is 0.231 e. The molecule has 1 aromatic heterocycles. The summed E-state index contributed by atoms with van der Waals surface area (Å²) in [6, 6.07) is 6.59. The molecule has 23 heavy (non-hydrogen) atoms. The fraction of sp³-hybridized carbons (Fsp3) is 0.353. The molecule has 1 amide bonds. The maximum atomic E-state index is 14.1. The summed E-state index contributed by atoms with van der Waals surface area (Å²) in [5, 5.41) is 0. The number of rotatable bonds is 4. The number of carbonyl (C=O) groups excluding carboxylic acids is 1. The molecule has 2 heterocycles.